The number of hydrogen-bond donors (Lipinski definition) is 1. The molecule has 0 atom stereocenters. The van der Waals surface area contributed by atoms with Crippen molar-refractivity contribution in [3.05, 3.63) is 83.2 Å². The average molecular weight is 870 g/mol. The number of aromatic nitrogens is 2. The molecule has 3 aromatic carbocycles. The van der Waals surface area contributed by atoms with Gasteiger partial charge in [0, 0.05) is 62.9 Å². The number of allylic oxidation sites excluding steroid dienone is 2. The zero-order chi connectivity index (χ0) is 35.0. The number of aryl methyl sites for hydroxylation is 1. The van der Waals surface area contributed by atoms with Crippen LogP contribution in [0, 0.1) is 23.8 Å². The van der Waals surface area contributed by atoms with Gasteiger partial charge in [0.15, 0.2) is 5.78 Å². The molecule has 0 unspecified atom stereocenters. The Labute approximate surface area is 313 Å². The summed E-state index contributed by atoms with van der Waals surface area (Å²) in [5, 5.41) is 18.5. The van der Waals surface area contributed by atoms with Crippen LogP contribution >= 0.6 is 22.7 Å². The standard InChI is InChI=1S/C27H21N2S2.C15H28O2.Ir/c1-15-13-30-21-10-9-19-23-24(28-14-29-26(23)31-25(19)22(15)21)17-11-16-7-5-6-8-18(16)20(12-17)27(2,3)4;1-7-14(5,8-2)12(16)11-13(17)15(6,9-3)10-4;/h5-10,12-14H,1-4H3;11,16H,7-10H2,1-6H3;/q-1;;/b;12-11-;. The summed E-state index contributed by atoms with van der Waals surface area (Å²) in [5.74, 6) is 0.286. The number of fused-ring (bicyclic) bond motifs is 6. The van der Waals surface area contributed by atoms with Crippen molar-refractivity contribution in [1.82, 2.24) is 9.97 Å². The number of thiophene rings is 2. The molecule has 4 nitrogen and oxygen atoms in total. The largest absolute Gasteiger partial charge is 0.512 e. The van der Waals surface area contributed by atoms with Crippen LogP contribution < -0.4 is 0 Å². The number of aliphatic hydroxyl groups is 1. The molecular weight excluding hydrogens is 821 g/mol. The first kappa shape index (κ1) is 38.8. The average Bonchev–Trinajstić information content (AvgIpc) is 3.66. The Bertz CT molecular complexity index is 2140. The predicted molar refractivity (Wildman–Crippen MR) is 209 cm³/mol. The van der Waals surface area contributed by atoms with Gasteiger partial charge in [0.1, 0.15) is 16.9 Å². The smallest absolute Gasteiger partial charge is 0.164 e. The Morgan fingerprint density at radius 1 is 0.878 bits per heavy atom. The van der Waals surface area contributed by atoms with Gasteiger partial charge in [0.25, 0.3) is 0 Å². The van der Waals surface area contributed by atoms with E-state index >= 15 is 0 Å². The molecule has 0 saturated heterocycles. The van der Waals surface area contributed by atoms with Gasteiger partial charge in [0.2, 0.25) is 0 Å². The van der Waals surface area contributed by atoms with Gasteiger partial charge in [-0.3, -0.25) is 9.78 Å². The molecule has 0 bridgehead atoms. The minimum Gasteiger partial charge on any atom is -0.512 e. The Hall–Kier alpha value is -2.96. The Kier molecular flexibility index (Phi) is 12.0. The normalized spacial score (nSPS) is 12.7. The molecule has 0 fully saturated rings. The summed E-state index contributed by atoms with van der Waals surface area (Å²) in [4.78, 5) is 22.7. The maximum absolute atomic E-state index is 12.2. The first-order valence-corrected chi connectivity index (χ1v) is 18.9. The summed E-state index contributed by atoms with van der Waals surface area (Å²) in [6.45, 7) is 21.1. The van der Waals surface area contributed by atoms with E-state index in [9.17, 15) is 9.90 Å². The van der Waals surface area contributed by atoms with Crippen LogP contribution in [-0.2, 0) is 30.3 Å². The quantitative estimate of drug-likeness (QED) is 0.0940. The third kappa shape index (κ3) is 7.42. The SMILES string of the molecule is CCC(C)(CC)C(=O)/C=C(\O)C(C)(CC)CC.Cc1csc2ccc3c(sc4ncnc(-c5[c-]c6ccccc6c(C(C)(C)C)c5)c43)c12.[Ir]. The summed E-state index contributed by atoms with van der Waals surface area (Å²) in [7, 11) is 0. The second kappa shape index (κ2) is 15.1. The van der Waals surface area contributed by atoms with E-state index in [4.69, 9.17) is 4.98 Å². The summed E-state index contributed by atoms with van der Waals surface area (Å²) >= 11 is 3.58. The molecule has 3 aromatic heterocycles. The Morgan fingerprint density at radius 3 is 2.16 bits per heavy atom. The van der Waals surface area contributed by atoms with Crippen molar-refractivity contribution in [3.8, 4) is 11.3 Å². The van der Waals surface area contributed by atoms with Crippen LogP contribution in [0.4, 0.5) is 0 Å². The Balaban J connectivity index is 0.000000260. The van der Waals surface area contributed by atoms with Crippen LogP contribution in [0.2, 0.25) is 0 Å². The second-order valence-electron chi connectivity index (χ2n) is 14.6. The van der Waals surface area contributed by atoms with Crippen LogP contribution in [0.3, 0.4) is 0 Å². The molecule has 6 rings (SSSR count). The van der Waals surface area contributed by atoms with Gasteiger partial charge < -0.3 is 5.11 Å². The molecule has 0 spiro atoms. The number of carbonyl (C=O) groups is 1. The van der Waals surface area contributed by atoms with Gasteiger partial charge in [-0.25, -0.2) is 4.98 Å². The number of rotatable bonds is 8. The van der Waals surface area contributed by atoms with Crippen molar-refractivity contribution in [2.45, 2.75) is 100 Å². The fraction of sp³-hybridized carbons (Fsp3) is 0.405. The number of aliphatic hydroxyl groups excluding tert-OH is 1. The van der Waals surface area contributed by atoms with Crippen molar-refractivity contribution in [2.75, 3.05) is 0 Å². The van der Waals surface area contributed by atoms with Crippen molar-refractivity contribution < 1.29 is 30.0 Å². The predicted octanol–water partition coefficient (Wildman–Crippen LogP) is 12.9. The molecule has 0 amide bonds. The van der Waals surface area contributed by atoms with Gasteiger partial charge in [-0.2, -0.15) is 0 Å². The number of ketones is 1. The van der Waals surface area contributed by atoms with Crippen LogP contribution in [0.5, 0.6) is 0 Å². The van der Waals surface area contributed by atoms with Crippen molar-refractivity contribution in [3.63, 3.8) is 0 Å². The molecule has 3 heterocycles. The van der Waals surface area contributed by atoms with Crippen LogP contribution in [0.25, 0.3) is 52.4 Å². The number of carbonyl (C=O) groups excluding carboxylic acids is 1. The van der Waals surface area contributed by atoms with E-state index in [0.717, 1.165) is 52.5 Å². The molecule has 1 radical (unpaired) electrons. The van der Waals surface area contributed by atoms with E-state index in [1.807, 2.05) is 52.9 Å². The van der Waals surface area contributed by atoms with Crippen molar-refractivity contribution in [2.24, 2.45) is 10.8 Å². The fourth-order valence-corrected chi connectivity index (χ4v) is 8.47. The molecule has 1 N–H and O–H groups in total. The van der Waals surface area contributed by atoms with Crippen LogP contribution in [-0.4, -0.2) is 20.9 Å². The third-order valence-corrected chi connectivity index (χ3v) is 12.8. The van der Waals surface area contributed by atoms with Crippen molar-refractivity contribution in [1.29, 1.82) is 0 Å². The number of nitrogens with zero attached hydrogens (tertiary/aromatic N) is 2. The maximum Gasteiger partial charge on any atom is 0.164 e. The first-order chi connectivity index (χ1) is 22.7. The van der Waals surface area contributed by atoms with Gasteiger partial charge >= 0.3 is 0 Å². The Morgan fingerprint density at radius 2 is 1.53 bits per heavy atom. The van der Waals surface area contributed by atoms with Crippen molar-refractivity contribution >= 4 is 69.6 Å². The topological polar surface area (TPSA) is 63.1 Å². The molecule has 49 heavy (non-hydrogen) atoms. The summed E-state index contributed by atoms with van der Waals surface area (Å²) in [5.41, 5.74) is 4.08. The molecule has 7 heteroatoms. The fourth-order valence-electron chi connectivity index (χ4n) is 6.20. The molecular formula is C42H49IrN2O2S2-. The number of benzene rings is 3. The van der Waals surface area contributed by atoms with E-state index in [0.29, 0.717) is 0 Å². The molecule has 0 saturated carbocycles. The molecule has 0 aliphatic rings. The minimum atomic E-state index is -0.337. The van der Waals surface area contributed by atoms with E-state index in [1.165, 1.54) is 42.8 Å². The zero-order valence-electron chi connectivity index (χ0n) is 30.5. The first-order valence-electron chi connectivity index (χ1n) is 17.2. The summed E-state index contributed by atoms with van der Waals surface area (Å²) in [6, 6.07) is 19.0. The molecule has 0 aliphatic carbocycles. The van der Waals surface area contributed by atoms with Crippen LogP contribution in [0.1, 0.15) is 99.1 Å². The van der Waals surface area contributed by atoms with Crippen LogP contribution in [0.15, 0.2) is 66.0 Å². The minimum absolute atomic E-state index is 0. The van der Waals surface area contributed by atoms with E-state index in [1.54, 1.807) is 17.7 Å². The number of hydrogen-bond acceptors (Lipinski definition) is 6. The van der Waals surface area contributed by atoms with E-state index in [-0.39, 0.29) is 47.9 Å². The summed E-state index contributed by atoms with van der Waals surface area (Å²) in [6.07, 6.45) is 6.45. The van der Waals surface area contributed by atoms with Gasteiger partial charge in [-0.15, -0.1) is 51.8 Å². The van der Waals surface area contributed by atoms with E-state index < -0.39 is 0 Å². The maximum atomic E-state index is 12.2. The molecule has 261 valence electrons. The van der Waals surface area contributed by atoms with E-state index in [2.05, 4.69) is 86.6 Å². The van der Waals surface area contributed by atoms with Gasteiger partial charge in [-0.1, -0.05) is 97.5 Å². The molecule has 6 aromatic rings. The second-order valence-corrected chi connectivity index (χ2v) is 16.5. The summed E-state index contributed by atoms with van der Waals surface area (Å²) < 4.78 is 2.64. The van der Waals surface area contributed by atoms with Gasteiger partial charge in [0.05, 0.1) is 0 Å². The zero-order valence-corrected chi connectivity index (χ0v) is 34.5. The van der Waals surface area contributed by atoms with Gasteiger partial charge in [-0.05, 0) is 60.4 Å². The monoisotopic (exact) mass is 870 g/mol. The third-order valence-electron chi connectivity index (χ3n) is 10.6. The molecule has 0 aliphatic heterocycles.